The Morgan fingerprint density at radius 1 is 1.21 bits per heavy atom. The molecule has 2 aromatic rings. The van der Waals surface area contributed by atoms with Crippen molar-refractivity contribution in [3.05, 3.63) is 45.9 Å². The lowest BCUT2D eigenvalue weighted by molar-refractivity contribution is -0.144. The van der Waals surface area contributed by atoms with Crippen molar-refractivity contribution in [1.29, 1.82) is 0 Å². The molecule has 0 radical (unpaired) electrons. The van der Waals surface area contributed by atoms with Crippen molar-refractivity contribution in [3.8, 4) is 0 Å². The lowest BCUT2D eigenvalue weighted by Gasteiger charge is -2.05. The van der Waals surface area contributed by atoms with Crippen LogP contribution in [0, 0.1) is 13.8 Å². The molecule has 1 aliphatic carbocycles. The average Bonchev–Trinajstić information content (AvgIpc) is 3.06. The lowest BCUT2D eigenvalue weighted by Crippen LogP contribution is -2.06. The van der Waals surface area contributed by atoms with E-state index >= 15 is 0 Å². The standard InChI is InChI=1S/C14H9F3N4O2S/c1-5-3-4-7-8(6(5)2)11(23)9(10(7)22)19-20-13-18-12(21-24-13)14(15,16)17/h3-4,22H,1-2H3. The van der Waals surface area contributed by atoms with Gasteiger partial charge < -0.3 is 5.11 Å². The Bertz CT molecular complexity index is 915. The molecule has 0 amide bonds. The first-order valence-corrected chi connectivity index (χ1v) is 7.38. The number of aromatic nitrogens is 2. The fourth-order valence-electron chi connectivity index (χ4n) is 2.22. The molecule has 0 bridgehead atoms. The van der Waals surface area contributed by atoms with Gasteiger partial charge in [0.05, 0.1) is 0 Å². The van der Waals surface area contributed by atoms with Gasteiger partial charge in [-0.2, -0.15) is 22.5 Å². The number of nitrogens with zero attached hydrogens (tertiary/aromatic N) is 4. The van der Waals surface area contributed by atoms with Crippen LogP contribution < -0.4 is 0 Å². The number of hydrogen-bond donors (Lipinski definition) is 1. The van der Waals surface area contributed by atoms with Gasteiger partial charge in [0.2, 0.25) is 16.7 Å². The summed E-state index contributed by atoms with van der Waals surface area (Å²) in [5.41, 5.74) is 1.87. The van der Waals surface area contributed by atoms with E-state index in [4.69, 9.17) is 0 Å². The van der Waals surface area contributed by atoms with Crippen LogP contribution in [0.5, 0.6) is 0 Å². The number of fused-ring (bicyclic) bond motifs is 1. The molecule has 0 fully saturated rings. The zero-order valence-corrected chi connectivity index (χ0v) is 13.2. The van der Waals surface area contributed by atoms with E-state index in [2.05, 4.69) is 19.6 Å². The van der Waals surface area contributed by atoms with E-state index in [9.17, 15) is 23.1 Å². The van der Waals surface area contributed by atoms with Crippen molar-refractivity contribution in [2.24, 2.45) is 10.2 Å². The van der Waals surface area contributed by atoms with Crippen LogP contribution in [-0.4, -0.2) is 20.2 Å². The van der Waals surface area contributed by atoms with E-state index in [1.165, 1.54) is 0 Å². The molecule has 24 heavy (non-hydrogen) atoms. The third kappa shape index (κ3) is 2.58. The summed E-state index contributed by atoms with van der Waals surface area (Å²) >= 11 is 0.395. The highest BCUT2D eigenvalue weighted by Crippen LogP contribution is 2.36. The quantitative estimate of drug-likeness (QED) is 0.811. The van der Waals surface area contributed by atoms with E-state index in [0.29, 0.717) is 28.2 Å². The van der Waals surface area contributed by atoms with Gasteiger partial charge in [0, 0.05) is 22.7 Å². The summed E-state index contributed by atoms with van der Waals surface area (Å²) in [6, 6.07) is 3.33. The number of Topliss-reactive ketones (excluding diaryl/α,β-unsaturated/α-hetero) is 1. The van der Waals surface area contributed by atoms with Crippen LogP contribution in [0.3, 0.4) is 0 Å². The molecule has 0 unspecified atom stereocenters. The molecule has 1 aromatic carbocycles. The number of carbonyl (C=O) groups is 1. The molecule has 0 saturated heterocycles. The van der Waals surface area contributed by atoms with Crippen LogP contribution in [0.15, 0.2) is 28.1 Å². The minimum atomic E-state index is -4.68. The number of benzene rings is 1. The maximum atomic E-state index is 12.4. The Kier molecular flexibility index (Phi) is 3.71. The van der Waals surface area contributed by atoms with Gasteiger partial charge >= 0.3 is 6.18 Å². The second kappa shape index (κ2) is 5.48. The van der Waals surface area contributed by atoms with Crippen molar-refractivity contribution < 1.29 is 23.1 Å². The van der Waals surface area contributed by atoms with Crippen LogP contribution in [0.1, 0.15) is 32.9 Å². The van der Waals surface area contributed by atoms with Gasteiger partial charge in [-0.15, -0.1) is 10.2 Å². The van der Waals surface area contributed by atoms with E-state index < -0.39 is 17.8 Å². The van der Waals surface area contributed by atoms with Crippen molar-refractivity contribution in [2.45, 2.75) is 20.0 Å². The Labute approximate surface area is 137 Å². The number of aliphatic hydroxyl groups excluding tert-OH is 1. The molecule has 0 aliphatic heterocycles. The number of azo groups is 1. The summed E-state index contributed by atoms with van der Waals surface area (Å²) in [6.45, 7) is 3.55. The number of aryl methyl sites for hydroxylation is 1. The van der Waals surface area contributed by atoms with E-state index in [0.717, 1.165) is 5.56 Å². The molecule has 3 rings (SSSR count). The van der Waals surface area contributed by atoms with Gasteiger partial charge in [0.15, 0.2) is 11.5 Å². The summed E-state index contributed by atoms with van der Waals surface area (Å²) in [4.78, 5) is 15.6. The number of aliphatic hydroxyl groups is 1. The van der Waals surface area contributed by atoms with Gasteiger partial charge in [0.25, 0.3) is 0 Å². The number of allylic oxidation sites excluding steroid dienone is 1. The van der Waals surface area contributed by atoms with Crippen LogP contribution >= 0.6 is 11.5 Å². The molecule has 1 N–H and O–H groups in total. The predicted octanol–water partition coefficient (Wildman–Crippen LogP) is 4.38. The third-order valence-electron chi connectivity index (χ3n) is 3.56. The van der Waals surface area contributed by atoms with E-state index in [1.807, 2.05) is 6.92 Å². The molecule has 1 heterocycles. The molecule has 124 valence electrons. The number of alkyl halides is 3. The van der Waals surface area contributed by atoms with Crippen molar-refractivity contribution in [2.75, 3.05) is 0 Å². The maximum absolute atomic E-state index is 12.4. The average molecular weight is 354 g/mol. The van der Waals surface area contributed by atoms with Crippen LogP contribution in [-0.2, 0) is 6.18 Å². The second-order valence-electron chi connectivity index (χ2n) is 5.05. The van der Waals surface area contributed by atoms with Gasteiger partial charge in [-0.25, -0.2) is 0 Å². The monoisotopic (exact) mass is 354 g/mol. The summed E-state index contributed by atoms with van der Waals surface area (Å²) in [6.07, 6.45) is -4.68. The maximum Gasteiger partial charge on any atom is 0.452 e. The highest BCUT2D eigenvalue weighted by atomic mass is 32.1. The van der Waals surface area contributed by atoms with Gasteiger partial charge in [-0.1, -0.05) is 12.1 Å². The van der Waals surface area contributed by atoms with Gasteiger partial charge in [0.1, 0.15) is 0 Å². The molecule has 0 atom stereocenters. The summed E-state index contributed by atoms with van der Waals surface area (Å²) in [5, 5.41) is 16.8. The zero-order valence-electron chi connectivity index (χ0n) is 12.3. The highest BCUT2D eigenvalue weighted by molar-refractivity contribution is 7.09. The first-order valence-electron chi connectivity index (χ1n) is 6.61. The van der Waals surface area contributed by atoms with Gasteiger partial charge in [-0.05, 0) is 25.0 Å². The van der Waals surface area contributed by atoms with Gasteiger partial charge in [-0.3, -0.25) is 4.79 Å². The van der Waals surface area contributed by atoms with Crippen LogP contribution in [0.25, 0.3) is 5.76 Å². The third-order valence-corrected chi connectivity index (χ3v) is 4.16. The highest BCUT2D eigenvalue weighted by Gasteiger charge is 2.36. The number of hydrogen-bond acceptors (Lipinski definition) is 7. The fourth-order valence-corrected chi connectivity index (χ4v) is 2.73. The molecular weight excluding hydrogens is 345 g/mol. The molecule has 1 aliphatic rings. The SMILES string of the molecule is Cc1ccc2c(c1C)C(=O)C(N=Nc1nc(C(F)(F)F)ns1)=C2O. The van der Waals surface area contributed by atoms with Crippen molar-refractivity contribution in [1.82, 2.24) is 9.36 Å². The largest absolute Gasteiger partial charge is 0.505 e. The Balaban J connectivity index is 1.94. The molecular formula is C14H9F3N4O2S. The first kappa shape index (κ1) is 16.2. The molecule has 0 saturated carbocycles. The van der Waals surface area contributed by atoms with Crippen molar-refractivity contribution in [3.63, 3.8) is 0 Å². The van der Waals surface area contributed by atoms with E-state index in [1.54, 1.807) is 19.1 Å². The lowest BCUT2D eigenvalue weighted by atomic mass is 9.98. The summed E-state index contributed by atoms with van der Waals surface area (Å²) < 4.78 is 40.4. The van der Waals surface area contributed by atoms with E-state index in [-0.39, 0.29) is 16.6 Å². The smallest absolute Gasteiger partial charge is 0.452 e. The minimum absolute atomic E-state index is 0.315. The molecule has 6 nitrogen and oxygen atoms in total. The first-order chi connectivity index (χ1) is 11.2. The number of carbonyl (C=O) groups excluding carboxylic acids is 1. The molecule has 0 spiro atoms. The zero-order chi connectivity index (χ0) is 17.6. The Hall–Kier alpha value is -2.62. The molecule has 1 aromatic heterocycles. The summed E-state index contributed by atoms with van der Waals surface area (Å²) in [7, 11) is 0. The van der Waals surface area contributed by atoms with Crippen molar-refractivity contribution >= 4 is 28.2 Å². The number of halogens is 3. The Morgan fingerprint density at radius 3 is 2.54 bits per heavy atom. The van der Waals surface area contributed by atoms with Crippen LogP contribution in [0.4, 0.5) is 18.3 Å². The number of ketones is 1. The minimum Gasteiger partial charge on any atom is -0.505 e. The normalized spacial score (nSPS) is 14.8. The van der Waals surface area contributed by atoms with Crippen LogP contribution in [0.2, 0.25) is 0 Å². The topological polar surface area (TPSA) is 87.8 Å². The predicted molar refractivity (Wildman–Crippen MR) is 79.2 cm³/mol. The summed E-state index contributed by atoms with van der Waals surface area (Å²) in [5.74, 6) is -2.22. The Morgan fingerprint density at radius 2 is 1.92 bits per heavy atom. The second-order valence-corrected chi connectivity index (χ2v) is 5.78. The molecule has 10 heteroatoms. The fraction of sp³-hybridized carbons (Fsp3) is 0.214. The number of rotatable bonds is 2.